The summed E-state index contributed by atoms with van der Waals surface area (Å²) in [6.07, 6.45) is 1.43. The van der Waals surface area contributed by atoms with Crippen molar-refractivity contribution >= 4 is 29.1 Å². The number of hydrogen-bond acceptors (Lipinski definition) is 4. The van der Waals surface area contributed by atoms with E-state index in [4.69, 9.17) is 28.8 Å². The SMILES string of the molecule is NC(=O)c1ccc(-n2cc(N)c(C(N)=O)n2)cc1Cl. The summed E-state index contributed by atoms with van der Waals surface area (Å²) in [6.45, 7) is 0. The monoisotopic (exact) mass is 279 g/mol. The molecule has 1 heterocycles. The Balaban J connectivity index is 2.48. The molecule has 0 aliphatic rings. The number of nitrogens with zero attached hydrogens (tertiary/aromatic N) is 2. The van der Waals surface area contributed by atoms with E-state index in [1.807, 2.05) is 0 Å². The molecule has 0 unspecified atom stereocenters. The smallest absolute Gasteiger partial charge is 0.271 e. The highest BCUT2D eigenvalue weighted by Crippen LogP contribution is 2.21. The molecule has 7 nitrogen and oxygen atoms in total. The van der Waals surface area contributed by atoms with E-state index in [0.29, 0.717) is 5.69 Å². The number of amides is 2. The zero-order valence-electron chi connectivity index (χ0n) is 9.63. The summed E-state index contributed by atoms with van der Waals surface area (Å²) in [7, 11) is 0. The van der Waals surface area contributed by atoms with Crippen LogP contribution < -0.4 is 17.2 Å². The minimum Gasteiger partial charge on any atom is -0.396 e. The van der Waals surface area contributed by atoms with Gasteiger partial charge in [-0.2, -0.15) is 5.10 Å². The molecule has 0 aliphatic heterocycles. The molecule has 2 aromatic rings. The van der Waals surface area contributed by atoms with E-state index in [1.165, 1.54) is 23.0 Å². The molecule has 0 radical (unpaired) electrons. The molecule has 2 amide bonds. The first-order valence-corrected chi connectivity index (χ1v) is 5.52. The van der Waals surface area contributed by atoms with Gasteiger partial charge in [-0.15, -0.1) is 0 Å². The Kier molecular flexibility index (Phi) is 3.14. The lowest BCUT2D eigenvalue weighted by atomic mass is 10.2. The van der Waals surface area contributed by atoms with Crippen LogP contribution in [0, 0.1) is 0 Å². The van der Waals surface area contributed by atoms with Crippen LogP contribution in [0.25, 0.3) is 5.69 Å². The maximum atomic E-state index is 11.1. The number of aromatic nitrogens is 2. The second-order valence-corrected chi connectivity index (χ2v) is 4.18. The molecule has 1 aromatic heterocycles. The first-order chi connectivity index (χ1) is 8.90. The van der Waals surface area contributed by atoms with Crippen molar-refractivity contribution < 1.29 is 9.59 Å². The van der Waals surface area contributed by atoms with E-state index in [1.54, 1.807) is 6.07 Å². The van der Waals surface area contributed by atoms with Gasteiger partial charge in [0.15, 0.2) is 5.69 Å². The van der Waals surface area contributed by atoms with Gasteiger partial charge in [0.25, 0.3) is 5.91 Å². The topological polar surface area (TPSA) is 130 Å². The Morgan fingerprint density at radius 2 is 1.89 bits per heavy atom. The highest BCUT2D eigenvalue weighted by molar-refractivity contribution is 6.34. The average Bonchev–Trinajstić information content (AvgIpc) is 2.70. The Morgan fingerprint density at radius 3 is 2.37 bits per heavy atom. The number of hydrogen-bond donors (Lipinski definition) is 3. The van der Waals surface area contributed by atoms with Crippen molar-refractivity contribution in [2.24, 2.45) is 11.5 Å². The molecule has 0 fully saturated rings. The molecule has 0 spiro atoms. The number of rotatable bonds is 3. The number of benzene rings is 1. The van der Waals surface area contributed by atoms with Gasteiger partial charge in [0.05, 0.1) is 28.2 Å². The molecule has 0 aliphatic carbocycles. The molecule has 0 atom stereocenters. The van der Waals surface area contributed by atoms with Gasteiger partial charge in [-0.3, -0.25) is 9.59 Å². The average molecular weight is 280 g/mol. The Labute approximate surface area is 112 Å². The molecule has 0 saturated carbocycles. The van der Waals surface area contributed by atoms with Crippen molar-refractivity contribution in [2.45, 2.75) is 0 Å². The molecule has 0 saturated heterocycles. The maximum absolute atomic E-state index is 11.1. The first-order valence-electron chi connectivity index (χ1n) is 5.15. The van der Waals surface area contributed by atoms with Crippen molar-refractivity contribution in [1.29, 1.82) is 0 Å². The quantitative estimate of drug-likeness (QED) is 0.746. The summed E-state index contributed by atoms with van der Waals surface area (Å²) in [5.74, 6) is -1.36. The molecule has 2 rings (SSSR count). The van der Waals surface area contributed by atoms with Crippen LogP contribution >= 0.6 is 11.6 Å². The minimum atomic E-state index is -0.726. The standard InChI is InChI=1S/C11H10ClN5O2/c12-7-3-5(1-2-6(7)10(14)18)17-4-8(13)9(16-17)11(15)19/h1-4H,13H2,(H2,14,18)(H2,15,19). The van der Waals surface area contributed by atoms with Crippen LogP contribution in [-0.2, 0) is 0 Å². The maximum Gasteiger partial charge on any atom is 0.271 e. The first kappa shape index (κ1) is 12.9. The van der Waals surface area contributed by atoms with Crippen molar-refractivity contribution in [3.05, 3.63) is 40.7 Å². The Bertz CT molecular complexity index is 680. The van der Waals surface area contributed by atoms with Crippen LogP contribution in [0.3, 0.4) is 0 Å². The fraction of sp³-hybridized carbons (Fsp3) is 0. The number of anilines is 1. The summed E-state index contributed by atoms with van der Waals surface area (Å²) in [5.41, 5.74) is 16.7. The van der Waals surface area contributed by atoms with Crippen molar-refractivity contribution in [3.63, 3.8) is 0 Å². The highest BCUT2D eigenvalue weighted by atomic mass is 35.5. The van der Waals surface area contributed by atoms with E-state index < -0.39 is 11.8 Å². The minimum absolute atomic E-state index is 0.0323. The van der Waals surface area contributed by atoms with Crippen LogP contribution in [-0.4, -0.2) is 21.6 Å². The molecule has 6 N–H and O–H groups in total. The number of carbonyl (C=O) groups is 2. The fourth-order valence-corrected chi connectivity index (χ4v) is 1.83. The van der Waals surface area contributed by atoms with E-state index in [0.717, 1.165) is 0 Å². The number of halogens is 1. The molecule has 1 aromatic carbocycles. The normalized spacial score (nSPS) is 10.4. The van der Waals surface area contributed by atoms with E-state index >= 15 is 0 Å². The predicted molar refractivity (Wildman–Crippen MR) is 70.0 cm³/mol. The van der Waals surface area contributed by atoms with Crippen LogP contribution in [0.5, 0.6) is 0 Å². The van der Waals surface area contributed by atoms with Gasteiger partial charge in [0, 0.05) is 0 Å². The zero-order chi connectivity index (χ0) is 14.2. The highest BCUT2D eigenvalue weighted by Gasteiger charge is 2.13. The second kappa shape index (κ2) is 4.62. The number of nitrogen functional groups attached to an aromatic ring is 1. The van der Waals surface area contributed by atoms with E-state index in [2.05, 4.69) is 5.10 Å². The van der Waals surface area contributed by atoms with Gasteiger partial charge >= 0.3 is 0 Å². The molecule has 19 heavy (non-hydrogen) atoms. The third-order valence-corrected chi connectivity index (χ3v) is 2.77. The number of nitrogens with two attached hydrogens (primary N) is 3. The van der Waals surface area contributed by atoms with Crippen molar-refractivity contribution in [2.75, 3.05) is 5.73 Å². The lowest BCUT2D eigenvalue weighted by Crippen LogP contribution is -2.14. The van der Waals surface area contributed by atoms with Gasteiger partial charge in [-0.1, -0.05) is 11.6 Å². The summed E-state index contributed by atoms with van der Waals surface area (Å²) < 4.78 is 1.34. The van der Waals surface area contributed by atoms with Gasteiger partial charge < -0.3 is 17.2 Å². The third kappa shape index (κ3) is 2.36. The van der Waals surface area contributed by atoms with Crippen LogP contribution in [0.15, 0.2) is 24.4 Å². The van der Waals surface area contributed by atoms with E-state index in [9.17, 15) is 9.59 Å². The summed E-state index contributed by atoms with van der Waals surface area (Å²) in [6, 6.07) is 4.52. The summed E-state index contributed by atoms with van der Waals surface area (Å²) >= 11 is 5.92. The Morgan fingerprint density at radius 1 is 1.21 bits per heavy atom. The summed E-state index contributed by atoms with van der Waals surface area (Å²) in [5, 5.41) is 4.12. The van der Waals surface area contributed by atoms with Gasteiger partial charge in [0.1, 0.15) is 0 Å². The summed E-state index contributed by atoms with van der Waals surface area (Å²) in [4.78, 5) is 22.1. The lowest BCUT2D eigenvalue weighted by Gasteiger charge is -2.04. The van der Waals surface area contributed by atoms with Crippen molar-refractivity contribution in [1.82, 2.24) is 9.78 Å². The lowest BCUT2D eigenvalue weighted by molar-refractivity contribution is 0.0989. The van der Waals surface area contributed by atoms with Crippen LogP contribution in [0.1, 0.15) is 20.8 Å². The second-order valence-electron chi connectivity index (χ2n) is 3.77. The third-order valence-electron chi connectivity index (χ3n) is 2.46. The zero-order valence-corrected chi connectivity index (χ0v) is 10.4. The molecular weight excluding hydrogens is 270 g/mol. The predicted octanol–water partition coefficient (Wildman–Crippen LogP) is 0.306. The van der Waals surface area contributed by atoms with Gasteiger partial charge in [-0.25, -0.2) is 4.68 Å². The van der Waals surface area contributed by atoms with Crippen molar-refractivity contribution in [3.8, 4) is 5.69 Å². The molecular formula is C11H10ClN5O2. The number of carbonyl (C=O) groups excluding carboxylic acids is 2. The van der Waals surface area contributed by atoms with Crippen LogP contribution in [0.4, 0.5) is 5.69 Å². The molecule has 8 heteroatoms. The van der Waals surface area contributed by atoms with Crippen LogP contribution in [0.2, 0.25) is 5.02 Å². The van der Waals surface area contributed by atoms with E-state index in [-0.39, 0.29) is 22.0 Å². The van der Waals surface area contributed by atoms with Gasteiger partial charge in [0.2, 0.25) is 5.91 Å². The fourth-order valence-electron chi connectivity index (χ4n) is 1.56. The van der Waals surface area contributed by atoms with Gasteiger partial charge in [-0.05, 0) is 18.2 Å². The largest absolute Gasteiger partial charge is 0.396 e. The molecule has 0 bridgehead atoms. The number of primary amides is 2. The molecule has 98 valence electrons. The Hall–Kier alpha value is -2.54.